The van der Waals surface area contributed by atoms with Crippen molar-refractivity contribution in [2.24, 2.45) is 0 Å². The maximum atomic E-state index is 9.11. The number of hydrogen-bond acceptors (Lipinski definition) is 3. The molecule has 0 unspecified atom stereocenters. The molecule has 1 aliphatic rings. The highest BCUT2D eigenvalue weighted by Gasteiger charge is 2.30. The average Bonchev–Trinajstić information content (AvgIpc) is 2.50. The Balaban J connectivity index is 1.62. The number of para-hydroxylation sites is 1. The molecule has 3 heteroatoms. The third kappa shape index (κ3) is 2.85. The number of nitriles is 1. The molecule has 3 rings (SSSR count). The first-order valence-corrected chi connectivity index (χ1v) is 7.20. The van der Waals surface area contributed by atoms with Crippen molar-refractivity contribution in [1.82, 2.24) is 0 Å². The molecule has 1 fully saturated rings. The van der Waals surface area contributed by atoms with E-state index in [1.807, 2.05) is 36.4 Å². The number of ether oxygens (including phenoxy) is 1. The lowest BCUT2D eigenvalue weighted by atomic mass is 9.75. The molecule has 21 heavy (non-hydrogen) atoms. The summed E-state index contributed by atoms with van der Waals surface area (Å²) in [6, 6.07) is 18.6. The minimum Gasteiger partial charge on any atom is -0.497 e. The van der Waals surface area contributed by atoms with Crippen molar-refractivity contribution in [3.05, 3.63) is 59.7 Å². The van der Waals surface area contributed by atoms with Crippen molar-refractivity contribution in [3.63, 3.8) is 0 Å². The van der Waals surface area contributed by atoms with Gasteiger partial charge in [0.05, 0.1) is 18.4 Å². The second-order valence-electron chi connectivity index (χ2n) is 5.44. The van der Waals surface area contributed by atoms with E-state index in [0.717, 1.165) is 24.3 Å². The van der Waals surface area contributed by atoms with Gasteiger partial charge < -0.3 is 10.1 Å². The van der Waals surface area contributed by atoms with Gasteiger partial charge >= 0.3 is 0 Å². The normalized spacial score (nSPS) is 20.2. The molecule has 0 amide bonds. The molecule has 0 aromatic heterocycles. The summed E-state index contributed by atoms with van der Waals surface area (Å²) in [6.07, 6.45) is 2.18. The van der Waals surface area contributed by atoms with Crippen LogP contribution in [-0.4, -0.2) is 13.2 Å². The second kappa shape index (κ2) is 5.88. The van der Waals surface area contributed by atoms with E-state index in [4.69, 9.17) is 10.00 Å². The number of methoxy groups -OCH3 is 1. The van der Waals surface area contributed by atoms with Gasteiger partial charge in [-0.2, -0.15) is 5.26 Å². The van der Waals surface area contributed by atoms with Gasteiger partial charge in [0.2, 0.25) is 0 Å². The van der Waals surface area contributed by atoms with Crippen LogP contribution < -0.4 is 10.1 Å². The monoisotopic (exact) mass is 278 g/mol. The van der Waals surface area contributed by atoms with E-state index in [9.17, 15) is 0 Å². The van der Waals surface area contributed by atoms with Crippen LogP contribution in [0.15, 0.2) is 48.5 Å². The first-order chi connectivity index (χ1) is 10.3. The van der Waals surface area contributed by atoms with E-state index in [-0.39, 0.29) is 0 Å². The minimum absolute atomic E-state index is 0.440. The summed E-state index contributed by atoms with van der Waals surface area (Å²) in [6.45, 7) is 0. The van der Waals surface area contributed by atoms with Crippen molar-refractivity contribution in [2.75, 3.05) is 12.4 Å². The average molecular weight is 278 g/mol. The quantitative estimate of drug-likeness (QED) is 0.921. The third-order valence-corrected chi connectivity index (χ3v) is 4.11. The highest BCUT2D eigenvalue weighted by molar-refractivity contribution is 5.58. The predicted molar refractivity (Wildman–Crippen MR) is 83.5 cm³/mol. The zero-order valence-corrected chi connectivity index (χ0v) is 12.0. The van der Waals surface area contributed by atoms with E-state index in [1.54, 1.807) is 7.11 Å². The lowest BCUT2D eigenvalue weighted by molar-refractivity contribution is 0.370. The van der Waals surface area contributed by atoms with Crippen LogP contribution in [0.25, 0.3) is 0 Å². The number of hydrogen-bond donors (Lipinski definition) is 1. The number of nitrogens with zero attached hydrogens (tertiary/aromatic N) is 1. The topological polar surface area (TPSA) is 45.0 Å². The van der Waals surface area contributed by atoms with Crippen molar-refractivity contribution >= 4 is 5.69 Å². The molecule has 0 radical (unpaired) electrons. The number of nitrogens with one attached hydrogen (secondary N) is 1. The zero-order chi connectivity index (χ0) is 14.7. The molecule has 0 saturated heterocycles. The van der Waals surface area contributed by atoms with E-state index in [0.29, 0.717) is 17.5 Å². The number of anilines is 1. The van der Waals surface area contributed by atoms with Crippen LogP contribution >= 0.6 is 0 Å². The Labute approximate surface area is 125 Å². The number of benzene rings is 2. The van der Waals surface area contributed by atoms with Gasteiger partial charge in [0.1, 0.15) is 11.8 Å². The molecule has 2 aromatic carbocycles. The lowest BCUT2D eigenvalue weighted by Gasteiger charge is -2.37. The highest BCUT2D eigenvalue weighted by Crippen LogP contribution is 2.39. The minimum atomic E-state index is 0.440. The first-order valence-electron chi connectivity index (χ1n) is 7.20. The molecule has 2 aromatic rings. The SMILES string of the molecule is COc1cccc(C2CC(Nc3ccccc3C#N)C2)c1. The molecule has 0 aliphatic heterocycles. The Morgan fingerprint density at radius 1 is 1.14 bits per heavy atom. The molecule has 3 nitrogen and oxygen atoms in total. The van der Waals surface area contributed by atoms with Crippen molar-refractivity contribution in [2.45, 2.75) is 24.8 Å². The van der Waals surface area contributed by atoms with Gasteiger partial charge in [0.15, 0.2) is 0 Å². The maximum Gasteiger partial charge on any atom is 0.119 e. The van der Waals surface area contributed by atoms with E-state index in [2.05, 4.69) is 23.5 Å². The predicted octanol–water partition coefficient (Wildman–Crippen LogP) is 3.92. The fourth-order valence-corrected chi connectivity index (χ4v) is 2.83. The van der Waals surface area contributed by atoms with Gasteiger partial charge in [-0.3, -0.25) is 0 Å². The fourth-order valence-electron chi connectivity index (χ4n) is 2.83. The van der Waals surface area contributed by atoms with E-state index in [1.165, 1.54) is 5.56 Å². The summed E-state index contributed by atoms with van der Waals surface area (Å²) in [5.74, 6) is 1.49. The van der Waals surface area contributed by atoms with E-state index >= 15 is 0 Å². The first kappa shape index (κ1) is 13.5. The molecule has 1 N–H and O–H groups in total. The molecule has 0 atom stereocenters. The Morgan fingerprint density at radius 3 is 2.71 bits per heavy atom. The Hall–Kier alpha value is -2.47. The summed E-state index contributed by atoms with van der Waals surface area (Å²) in [7, 11) is 1.70. The molecule has 1 saturated carbocycles. The summed E-state index contributed by atoms with van der Waals surface area (Å²) in [5.41, 5.74) is 2.98. The molecular weight excluding hydrogens is 260 g/mol. The van der Waals surface area contributed by atoms with Crippen LogP contribution in [0.3, 0.4) is 0 Å². The number of rotatable bonds is 4. The van der Waals surface area contributed by atoms with Crippen LogP contribution in [-0.2, 0) is 0 Å². The molecule has 0 spiro atoms. The molecule has 106 valence electrons. The smallest absolute Gasteiger partial charge is 0.119 e. The summed E-state index contributed by atoms with van der Waals surface area (Å²) in [5, 5.41) is 12.6. The molecule has 0 bridgehead atoms. The van der Waals surface area contributed by atoms with Gasteiger partial charge in [-0.05, 0) is 48.6 Å². The lowest BCUT2D eigenvalue weighted by Crippen LogP contribution is -2.34. The maximum absolute atomic E-state index is 9.11. The van der Waals surface area contributed by atoms with Crippen LogP contribution in [0.1, 0.15) is 29.9 Å². The van der Waals surface area contributed by atoms with Crippen molar-refractivity contribution in [3.8, 4) is 11.8 Å². The van der Waals surface area contributed by atoms with Gasteiger partial charge in [-0.1, -0.05) is 24.3 Å². The van der Waals surface area contributed by atoms with Gasteiger partial charge in [-0.15, -0.1) is 0 Å². The Kier molecular flexibility index (Phi) is 3.79. The third-order valence-electron chi connectivity index (χ3n) is 4.11. The Morgan fingerprint density at radius 2 is 1.95 bits per heavy atom. The zero-order valence-electron chi connectivity index (χ0n) is 12.0. The van der Waals surface area contributed by atoms with E-state index < -0.39 is 0 Å². The second-order valence-corrected chi connectivity index (χ2v) is 5.44. The molecular formula is C18H18N2O. The van der Waals surface area contributed by atoms with Gasteiger partial charge in [0, 0.05) is 6.04 Å². The van der Waals surface area contributed by atoms with Crippen molar-refractivity contribution < 1.29 is 4.74 Å². The van der Waals surface area contributed by atoms with Gasteiger partial charge in [-0.25, -0.2) is 0 Å². The van der Waals surface area contributed by atoms with Crippen molar-refractivity contribution in [1.29, 1.82) is 5.26 Å². The van der Waals surface area contributed by atoms with Gasteiger partial charge in [0.25, 0.3) is 0 Å². The van der Waals surface area contributed by atoms with Crippen LogP contribution in [0.4, 0.5) is 5.69 Å². The standard InChI is InChI=1S/C18H18N2O/c1-21-17-7-4-6-13(11-17)15-9-16(10-15)20-18-8-3-2-5-14(18)12-19/h2-8,11,15-16,20H,9-10H2,1H3. The molecule has 1 aliphatic carbocycles. The summed E-state index contributed by atoms with van der Waals surface area (Å²) < 4.78 is 5.27. The largest absolute Gasteiger partial charge is 0.497 e. The van der Waals surface area contributed by atoms with Crippen LogP contribution in [0.2, 0.25) is 0 Å². The van der Waals surface area contributed by atoms with Crippen LogP contribution in [0.5, 0.6) is 5.75 Å². The fraction of sp³-hybridized carbons (Fsp3) is 0.278. The Bertz CT molecular complexity index is 669. The highest BCUT2D eigenvalue weighted by atomic mass is 16.5. The van der Waals surface area contributed by atoms with Crippen LogP contribution in [0, 0.1) is 11.3 Å². The summed E-state index contributed by atoms with van der Waals surface area (Å²) in [4.78, 5) is 0. The molecule has 0 heterocycles. The summed E-state index contributed by atoms with van der Waals surface area (Å²) >= 11 is 0.